The zero-order chi connectivity index (χ0) is 23.9. The number of urea groups is 1. The maximum Gasteiger partial charge on any atom is 0.322 e. The fourth-order valence-electron chi connectivity index (χ4n) is 3.88. The first-order valence-electron chi connectivity index (χ1n) is 11.4. The summed E-state index contributed by atoms with van der Waals surface area (Å²) in [7, 11) is 1.60. The number of hydrogen-bond acceptors (Lipinski definition) is 3. The van der Waals surface area contributed by atoms with Gasteiger partial charge in [-0.05, 0) is 71.8 Å². The highest BCUT2D eigenvalue weighted by Gasteiger charge is 2.17. The van der Waals surface area contributed by atoms with Crippen molar-refractivity contribution >= 4 is 22.6 Å². The smallest absolute Gasteiger partial charge is 0.322 e. The molecule has 4 rings (SSSR count). The number of rotatable bonds is 8. The molecule has 2 N–H and O–H groups in total. The van der Waals surface area contributed by atoms with E-state index in [0.717, 1.165) is 22.9 Å². The molecule has 0 atom stereocenters. The van der Waals surface area contributed by atoms with Crippen LogP contribution < -0.4 is 15.6 Å². The van der Waals surface area contributed by atoms with Gasteiger partial charge < -0.3 is 19.9 Å². The molecule has 0 fully saturated rings. The minimum absolute atomic E-state index is 0.182. The Balaban J connectivity index is 1.59. The maximum atomic E-state index is 13.2. The second-order valence-corrected chi connectivity index (χ2v) is 8.21. The predicted octanol–water partition coefficient (Wildman–Crippen LogP) is 5.38. The second kappa shape index (κ2) is 10.7. The zero-order valence-corrected chi connectivity index (χ0v) is 19.5. The third-order valence-corrected chi connectivity index (χ3v) is 5.90. The van der Waals surface area contributed by atoms with Crippen LogP contribution in [0, 0.1) is 0 Å². The number of anilines is 1. The zero-order valence-electron chi connectivity index (χ0n) is 19.5. The van der Waals surface area contributed by atoms with E-state index in [9.17, 15) is 9.59 Å². The number of nitrogens with zero attached hydrogens (tertiary/aromatic N) is 1. The molecule has 6 heteroatoms. The third kappa shape index (κ3) is 5.64. The van der Waals surface area contributed by atoms with Gasteiger partial charge in [-0.3, -0.25) is 4.79 Å². The first-order chi connectivity index (χ1) is 16.6. The molecule has 0 saturated carbocycles. The molecule has 0 radical (unpaired) electrons. The van der Waals surface area contributed by atoms with E-state index in [4.69, 9.17) is 4.74 Å². The van der Waals surface area contributed by atoms with Gasteiger partial charge in [0.25, 0.3) is 5.56 Å². The number of benzene rings is 3. The number of nitrogens with one attached hydrogen (secondary N) is 2. The van der Waals surface area contributed by atoms with Crippen LogP contribution >= 0.6 is 0 Å². The monoisotopic (exact) mass is 455 g/mol. The highest BCUT2D eigenvalue weighted by molar-refractivity contribution is 5.89. The van der Waals surface area contributed by atoms with Crippen LogP contribution in [0.15, 0.2) is 83.7 Å². The predicted molar refractivity (Wildman–Crippen MR) is 137 cm³/mol. The number of carbonyl (C=O) groups excluding carboxylic acids is 1. The average molecular weight is 456 g/mol. The van der Waals surface area contributed by atoms with Crippen LogP contribution in [0.25, 0.3) is 10.9 Å². The third-order valence-electron chi connectivity index (χ3n) is 5.90. The van der Waals surface area contributed by atoms with Crippen LogP contribution in [-0.2, 0) is 19.4 Å². The molecule has 0 bridgehead atoms. The lowest BCUT2D eigenvalue weighted by atomic mass is 10.1. The molecule has 0 spiro atoms. The van der Waals surface area contributed by atoms with E-state index in [1.165, 1.54) is 5.56 Å². The summed E-state index contributed by atoms with van der Waals surface area (Å²) < 4.78 is 5.19. The Morgan fingerprint density at radius 3 is 2.44 bits per heavy atom. The lowest BCUT2D eigenvalue weighted by Crippen LogP contribution is -2.37. The summed E-state index contributed by atoms with van der Waals surface area (Å²) in [6, 6.07) is 24.9. The van der Waals surface area contributed by atoms with Crippen molar-refractivity contribution < 1.29 is 9.53 Å². The number of aryl methyl sites for hydroxylation is 1. The minimum atomic E-state index is -0.261. The number of carbonyl (C=O) groups is 1. The lowest BCUT2D eigenvalue weighted by molar-refractivity contribution is 0.209. The first-order valence-corrected chi connectivity index (χ1v) is 11.4. The van der Waals surface area contributed by atoms with E-state index in [2.05, 4.69) is 23.3 Å². The van der Waals surface area contributed by atoms with Crippen molar-refractivity contribution in [3.8, 4) is 5.75 Å². The van der Waals surface area contributed by atoms with Crippen molar-refractivity contribution in [1.82, 2.24) is 9.88 Å². The SMILES string of the molecule is CCc1ccc2[nH]c(=O)c(CN(CCc3ccccc3)C(=O)Nc3ccc(OC)cc3)cc2c1. The molecule has 0 aliphatic heterocycles. The number of aromatic amines is 1. The van der Waals surface area contributed by atoms with Crippen molar-refractivity contribution in [3.05, 3.63) is 106 Å². The molecule has 6 nitrogen and oxygen atoms in total. The van der Waals surface area contributed by atoms with E-state index in [1.807, 2.05) is 48.5 Å². The van der Waals surface area contributed by atoms with Gasteiger partial charge in [0.05, 0.1) is 13.7 Å². The Morgan fingerprint density at radius 2 is 1.74 bits per heavy atom. The first kappa shape index (κ1) is 23.1. The summed E-state index contributed by atoms with van der Waals surface area (Å²) >= 11 is 0. The van der Waals surface area contributed by atoms with Crippen molar-refractivity contribution in [2.45, 2.75) is 26.3 Å². The van der Waals surface area contributed by atoms with E-state index in [0.29, 0.717) is 30.0 Å². The molecule has 174 valence electrons. The number of H-pyrrole nitrogens is 1. The Labute approximate surface area is 199 Å². The van der Waals surface area contributed by atoms with Gasteiger partial charge in [-0.2, -0.15) is 0 Å². The number of ether oxygens (including phenoxy) is 1. The second-order valence-electron chi connectivity index (χ2n) is 8.21. The molecule has 0 saturated heterocycles. The van der Waals surface area contributed by atoms with Crippen LogP contribution in [0.3, 0.4) is 0 Å². The van der Waals surface area contributed by atoms with Crippen molar-refractivity contribution in [1.29, 1.82) is 0 Å². The molecule has 1 aromatic heterocycles. The minimum Gasteiger partial charge on any atom is -0.497 e. The number of amides is 2. The summed E-state index contributed by atoms with van der Waals surface area (Å²) in [5, 5.41) is 3.91. The van der Waals surface area contributed by atoms with Gasteiger partial charge in [0.15, 0.2) is 0 Å². The van der Waals surface area contributed by atoms with Gasteiger partial charge in [0.2, 0.25) is 0 Å². The molecular formula is C28H29N3O3. The van der Waals surface area contributed by atoms with E-state index in [-0.39, 0.29) is 18.1 Å². The Bertz CT molecular complexity index is 1310. The molecule has 0 unspecified atom stereocenters. The van der Waals surface area contributed by atoms with Crippen LogP contribution in [0.4, 0.5) is 10.5 Å². The number of hydrogen-bond donors (Lipinski definition) is 2. The molecular weight excluding hydrogens is 426 g/mol. The molecule has 0 aliphatic carbocycles. The summed E-state index contributed by atoms with van der Waals surface area (Å²) in [5.41, 5.74) is 4.16. The van der Waals surface area contributed by atoms with Gasteiger partial charge in [-0.25, -0.2) is 4.79 Å². The number of pyridine rings is 1. The highest BCUT2D eigenvalue weighted by Crippen LogP contribution is 2.18. The van der Waals surface area contributed by atoms with Crippen LogP contribution in [-0.4, -0.2) is 29.6 Å². The fourth-order valence-corrected chi connectivity index (χ4v) is 3.88. The summed E-state index contributed by atoms with van der Waals surface area (Å²) in [6.45, 7) is 2.78. The summed E-state index contributed by atoms with van der Waals surface area (Å²) in [6.07, 6.45) is 1.60. The number of fused-ring (bicyclic) bond motifs is 1. The number of aromatic nitrogens is 1. The summed E-state index contributed by atoms with van der Waals surface area (Å²) in [5.74, 6) is 0.716. The van der Waals surface area contributed by atoms with Crippen LogP contribution in [0.5, 0.6) is 5.75 Å². The van der Waals surface area contributed by atoms with Gasteiger partial charge in [-0.1, -0.05) is 43.3 Å². The molecule has 0 aliphatic rings. The molecule has 2 amide bonds. The van der Waals surface area contributed by atoms with Crippen LogP contribution in [0.1, 0.15) is 23.6 Å². The van der Waals surface area contributed by atoms with Crippen molar-refractivity contribution in [3.63, 3.8) is 0 Å². The normalized spacial score (nSPS) is 10.8. The fraction of sp³-hybridized carbons (Fsp3) is 0.214. The van der Waals surface area contributed by atoms with Gasteiger partial charge in [0.1, 0.15) is 5.75 Å². The van der Waals surface area contributed by atoms with Crippen LogP contribution in [0.2, 0.25) is 0 Å². The Kier molecular flexibility index (Phi) is 7.28. The average Bonchev–Trinajstić information content (AvgIpc) is 2.87. The van der Waals surface area contributed by atoms with E-state index >= 15 is 0 Å². The standard InChI is InChI=1S/C28H29N3O3/c1-3-20-9-14-26-22(17-20)18-23(27(32)30-26)19-31(16-15-21-7-5-4-6-8-21)28(33)29-24-10-12-25(34-2)13-11-24/h4-14,17-18H,3,15-16,19H2,1-2H3,(H,29,33)(H,30,32). The summed E-state index contributed by atoms with van der Waals surface area (Å²) in [4.78, 5) is 30.7. The van der Waals surface area contributed by atoms with E-state index in [1.54, 1.807) is 36.3 Å². The lowest BCUT2D eigenvalue weighted by Gasteiger charge is -2.23. The number of methoxy groups -OCH3 is 1. The molecule has 3 aromatic carbocycles. The van der Waals surface area contributed by atoms with Gasteiger partial charge in [-0.15, -0.1) is 0 Å². The largest absolute Gasteiger partial charge is 0.497 e. The maximum absolute atomic E-state index is 13.2. The van der Waals surface area contributed by atoms with Gasteiger partial charge in [0, 0.05) is 23.3 Å². The molecule has 34 heavy (non-hydrogen) atoms. The Hall–Kier alpha value is -4.06. The highest BCUT2D eigenvalue weighted by atomic mass is 16.5. The van der Waals surface area contributed by atoms with Crippen molar-refractivity contribution in [2.75, 3.05) is 19.0 Å². The Morgan fingerprint density at radius 1 is 0.971 bits per heavy atom. The molecule has 4 aromatic rings. The van der Waals surface area contributed by atoms with Crippen molar-refractivity contribution in [2.24, 2.45) is 0 Å². The van der Waals surface area contributed by atoms with Gasteiger partial charge >= 0.3 is 6.03 Å². The topological polar surface area (TPSA) is 74.4 Å². The molecule has 1 heterocycles. The quantitative estimate of drug-likeness (QED) is 0.375. The van der Waals surface area contributed by atoms with E-state index < -0.39 is 0 Å².